The van der Waals surface area contributed by atoms with Crippen molar-refractivity contribution in [2.75, 3.05) is 11.9 Å². The number of ether oxygens (including phenoxy) is 1. The largest absolute Gasteiger partial charge is 0.393 e. The van der Waals surface area contributed by atoms with E-state index < -0.39 is 6.10 Å². The monoisotopic (exact) mass is 488 g/mol. The normalized spacial score (nSPS) is 24.0. The van der Waals surface area contributed by atoms with Crippen LogP contribution in [-0.4, -0.2) is 49.2 Å². The molecule has 1 aliphatic heterocycles. The summed E-state index contributed by atoms with van der Waals surface area (Å²) in [5.41, 5.74) is 3.42. The van der Waals surface area contributed by atoms with Gasteiger partial charge in [0.2, 0.25) is 5.78 Å². The Balaban J connectivity index is 1.31. The molecule has 0 saturated heterocycles. The van der Waals surface area contributed by atoms with Gasteiger partial charge in [0, 0.05) is 29.2 Å². The Bertz CT molecular complexity index is 1400. The van der Waals surface area contributed by atoms with Crippen LogP contribution in [0.1, 0.15) is 50.4 Å². The van der Waals surface area contributed by atoms with Gasteiger partial charge in [0.25, 0.3) is 0 Å². The molecule has 0 spiro atoms. The number of nitrogens with zero attached hydrogens (tertiary/aromatic N) is 4. The summed E-state index contributed by atoms with van der Waals surface area (Å²) in [6.07, 6.45) is 3.51. The predicted molar refractivity (Wildman–Crippen MR) is 134 cm³/mol. The van der Waals surface area contributed by atoms with Crippen molar-refractivity contribution in [3.8, 4) is 0 Å². The van der Waals surface area contributed by atoms with E-state index >= 15 is 0 Å². The number of carbonyl (C=O) groups excluding carboxylic acids is 1. The number of nitrogens with one attached hydrogen (secondary N) is 1. The van der Waals surface area contributed by atoms with E-state index in [1.165, 1.54) is 17.7 Å². The van der Waals surface area contributed by atoms with Gasteiger partial charge >= 0.3 is 0 Å². The minimum absolute atomic E-state index is 0.0122. The van der Waals surface area contributed by atoms with Gasteiger partial charge in [-0.3, -0.25) is 4.79 Å². The second-order valence-corrected chi connectivity index (χ2v) is 10.5. The molecule has 6 rings (SSSR count). The molecule has 2 N–H and O–H groups in total. The third kappa shape index (κ3) is 3.93. The lowest BCUT2D eigenvalue weighted by Gasteiger charge is -2.24. The van der Waals surface area contributed by atoms with Gasteiger partial charge in [0.1, 0.15) is 24.1 Å². The second-order valence-electron chi connectivity index (χ2n) is 9.24. The van der Waals surface area contributed by atoms with Crippen molar-refractivity contribution >= 4 is 34.0 Å². The van der Waals surface area contributed by atoms with E-state index in [4.69, 9.17) is 9.72 Å². The number of hydrogen-bond acceptors (Lipinski definition) is 8. The molecule has 179 valence electrons. The van der Waals surface area contributed by atoms with Crippen LogP contribution in [0.25, 0.3) is 11.0 Å². The summed E-state index contributed by atoms with van der Waals surface area (Å²) in [5.74, 6) is 1.18. The summed E-state index contributed by atoms with van der Waals surface area (Å²) in [7, 11) is 0. The van der Waals surface area contributed by atoms with Gasteiger partial charge in [-0.05, 0) is 50.8 Å². The molecule has 1 aliphatic carbocycles. The zero-order chi connectivity index (χ0) is 24.1. The molecule has 1 saturated carbocycles. The maximum absolute atomic E-state index is 13.6. The molecular formula is C26H26N5O3S. The molecule has 4 aromatic rings. The highest BCUT2D eigenvalue weighted by atomic mass is 32.1. The number of fused-ring (bicyclic) bond motifs is 3. The minimum atomic E-state index is -0.448. The maximum atomic E-state index is 13.6. The van der Waals surface area contributed by atoms with Crippen LogP contribution in [0, 0.1) is 19.8 Å². The van der Waals surface area contributed by atoms with Gasteiger partial charge in [-0.1, -0.05) is 12.1 Å². The number of aromatic nitrogens is 4. The van der Waals surface area contributed by atoms with Crippen molar-refractivity contribution in [2.45, 2.75) is 44.6 Å². The SMILES string of the molecule is [CH2][C@@H]1C[C@@H](Nc2ncncc2C(=O)c2cc([C@@H]3OCCn4c3nc3ccccc34)c(C)s2)C[C@@H]1O. The maximum Gasteiger partial charge on any atom is 0.208 e. The van der Waals surface area contributed by atoms with Crippen LogP contribution in [0.5, 0.6) is 0 Å². The van der Waals surface area contributed by atoms with E-state index in [0.29, 0.717) is 29.3 Å². The number of hydrogen-bond donors (Lipinski definition) is 2. The standard InChI is InChI=1S/C26H26N5O3S/c1-14-9-16(10-21(14)32)29-25-18(12-27-13-28-25)23(33)22-11-17(15(2)35-22)24-26-30-19-5-3-4-6-20(19)31(26)7-8-34-24/h3-6,11-14,16,21,24,32H,1,7-10H2,2H3,(H,27,28,29)/t14-,16-,21+,24+/m1/s1. The topological polar surface area (TPSA) is 102 Å². The molecule has 4 heterocycles. The Kier molecular flexibility index (Phi) is 5.63. The Morgan fingerprint density at radius 3 is 3.00 bits per heavy atom. The minimum Gasteiger partial charge on any atom is -0.393 e. The summed E-state index contributed by atoms with van der Waals surface area (Å²) in [4.78, 5) is 28.5. The number of benzene rings is 1. The van der Waals surface area contributed by atoms with E-state index in [0.717, 1.165) is 40.3 Å². The van der Waals surface area contributed by atoms with Crippen LogP contribution >= 0.6 is 11.3 Å². The molecule has 0 bridgehead atoms. The Morgan fingerprint density at radius 2 is 2.17 bits per heavy atom. The van der Waals surface area contributed by atoms with Crippen molar-refractivity contribution in [1.82, 2.24) is 19.5 Å². The molecule has 2 aliphatic rings. The summed E-state index contributed by atoms with van der Waals surface area (Å²) >= 11 is 1.44. The van der Waals surface area contributed by atoms with Crippen LogP contribution in [0.2, 0.25) is 0 Å². The van der Waals surface area contributed by atoms with Crippen molar-refractivity contribution in [1.29, 1.82) is 0 Å². The van der Waals surface area contributed by atoms with Crippen LogP contribution in [0.15, 0.2) is 42.9 Å². The number of imidazole rings is 1. The Morgan fingerprint density at radius 1 is 1.31 bits per heavy atom. The third-order valence-electron chi connectivity index (χ3n) is 6.94. The average molecular weight is 489 g/mol. The first-order chi connectivity index (χ1) is 17.0. The van der Waals surface area contributed by atoms with Crippen molar-refractivity contribution in [3.05, 3.63) is 76.5 Å². The summed E-state index contributed by atoms with van der Waals surface area (Å²) in [6.45, 7) is 7.34. The van der Waals surface area contributed by atoms with Crippen molar-refractivity contribution < 1.29 is 14.6 Å². The lowest BCUT2D eigenvalue weighted by Crippen LogP contribution is -2.23. The lowest BCUT2D eigenvalue weighted by molar-refractivity contribution is 0.0441. The fourth-order valence-corrected chi connectivity index (χ4v) is 6.12. The zero-order valence-corrected chi connectivity index (χ0v) is 20.2. The summed E-state index contributed by atoms with van der Waals surface area (Å²) in [6, 6.07) is 10.0. The molecule has 0 unspecified atom stereocenters. The van der Waals surface area contributed by atoms with Crippen LogP contribution < -0.4 is 5.32 Å². The number of carbonyl (C=O) groups is 1. The van der Waals surface area contributed by atoms with Crippen LogP contribution in [-0.2, 0) is 11.3 Å². The molecular weight excluding hydrogens is 462 g/mol. The quantitative estimate of drug-likeness (QED) is 0.410. The molecule has 3 aromatic heterocycles. The molecule has 8 nitrogen and oxygen atoms in total. The van der Waals surface area contributed by atoms with Gasteiger partial charge < -0.3 is 19.7 Å². The van der Waals surface area contributed by atoms with Crippen molar-refractivity contribution in [3.63, 3.8) is 0 Å². The van der Waals surface area contributed by atoms with E-state index in [2.05, 4.69) is 32.8 Å². The first-order valence-corrected chi connectivity index (χ1v) is 12.6. The van der Waals surface area contributed by atoms with Gasteiger partial charge in [0.15, 0.2) is 0 Å². The smallest absolute Gasteiger partial charge is 0.208 e. The number of rotatable bonds is 5. The summed E-state index contributed by atoms with van der Waals surface area (Å²) in [5, 5.41) is 13.4. The highest BCUT2D eigenvalue weighted by Crippen LogP contribution is 2.38. The van der Waals surface area contributed by atoms with Gasteiger partial charge in [-0.25, -0.2) is 15.0 Å². The fraction of sp³-hybridized carbons (Fsp3) is 0.346. The average Bonchev–Trinajstić information content (AvgIpc) is 3.53. The molecule has 4 atom stereocenters. The molecule has 1 fully saturated rings. The lowest BCUT2D eigenvalue weighted by atomic mass is 10.1. The van der Waals surface area contributed by atoms with Crippen LogP contribution in [0.4, 0.5) is 5.82 Å². The number of aliphatic hydroxyl groups is 1. The highest BCUT2D eigenvalue weighted by Gasteiger charge is 2.32. The van der Waals surface area contributed by atoms with E-state index in [1.54, 1.807) is 6.20 Å². The molecule has 9 heteroatoms. The number of aryl methyl sites for hydroxylation is 1. The van der Waals surface area contributed by atoms with E-state index in [1.807, 2.05) is 31.2 Å². The van der Waals surface area contributed by atoms with E-state index in [9.17, 15) is 9.90 Å². The highest BCUT2D eigenvalue weighted by molar-refractivity contribution is 7.14. The summed E-state index contributed by atoms with van der Waals surface area (Å²) < 4.78 is 8.39. The first-order valence-electron chi connectivity index (χ1n) is 11.8. The fourth-order valence-electron chi connectivity index (χ4n) is 5.12. The van der Waals surface area contributed by atoms with Crippen molar-refractivity contribution in [2.24, 2.45) is 5.92 Å². The van der Waals surface area contributed by atoms with Gasteiger partial charge in [0.05, 0.1) is 34.2 Å². The van der Waals surface area contributed by atoms with E-state index in [-0.39, 0.29) is 23.8 Å². The third-order valence-corrected chi connectivity index (χ3v) is 8.00. The Hall–Kier alpha value is -3.14. The van der Waals surface area contributed by atoms with Gasteiger partial charge in [-0.2, -0.15) is 0 Å². The molecule has 1 aromatic carbocycles. The first kappa shape index (κ1) is 22.3. The number of aliphatic hydroxyl groups excluding tert-OH is 1. The molecule has 1 radical (unpaired) electrons. The predicted octanol–water partition coefficient (Wildman–Crippen LogP) is 3.93. The molecule has 0 amide bonds. The molecule has 35 heavy (non-hydrogen) atoms. The number of para-hydroxylation sites is 2. The van der Waals surface area contributed by atoms with Gasteiger partial charge in [-0.15, -0.1) is 11.3 Å². The second kappa shape index (κ2) is 8.82. The zero-order valence-electron chi connectivity index (χ0n) is 19.3. The number of anilines is 1. The number of thiophene rings is 1. The van der Waals surface area contributed by atoms with Crippen LogP contribution in [0.3, 0.4) is 0 Å². The number of ketones is 1. The Labute approximate surface area is 207 Å².